The summed E-state index contributed by atoms with van der Waals surface area (Å²) >= 11 is 3.50. The molecule has 18 heavy (non-hydrogen) atoms. The van der Waals surface area contributed by atoms with Gasteiger partial charge in [0.15, 0.2) is 0 Å². The summed E-state index contributed by atoms with van der Waals surface area (Å²) in [6.45, 7) is 0. The fourth-order valence-electron chi connectivity index (χ4n) is 2.35. The molecular formula is C15H20BrNO. The first-order chi connectivity index (χ1) is 8.74. The van der Waals surface area contributed by atoms with Crippen LogP contribution in [0.4, 0.5) is 0 Å². The molecule has 1 aliphatic carbocycles. The number of hydrogen-bond acceptors (Lipinski definition) is 1. The van der Waals surface area contributed by atoms with Crippen molar-refractivity contribution in [3.63, 3.8) is 0 Å². The zero-order chi connectivity index (χ0) is 12.8. The average Bonchev–Trinajstić information content (AvgIpc) is 2.35. The van der Waals surface area contributed by atoms with Crippen LogP contribution in [0.1, 0.15) is 37.7 Å². The average molecular weight is 310 g/mol. The molecule has 0 atom stereocenters. The van der Waals surface area contributed by atoms with Gasteiger partial charge in [-0.3, -0.25) is 4.79 Å². The first-order valence-electron chi connectivity index (χ1n) is 6.65. The first-order valence-corrected chi connectivity index (χ1v) is 7.77. The molecule has 0 saturated heterocycles. The SMILES string of the molecule is O=C(CCCc1ccccc1)NC1(CBr)CCC1. The molecule has 0 spiro atoms. The number of carbonyl (C=O) groups is 1. The molecule has 0 aliphatic heterocycles. The number of alkyl halides is 1. The zero-order valence-corrected chi connectivity index (χ0v) is 12.2. The number of hydrogen-bond donors (Lipinski definition) is 1. The van der Waals surface area contributed by atoms with E-state index in [9.17, 15) is 4.79 Å². The monoisotopic (exact) mass is 309 g/mol. The Bertz CT molecular complexity index is 381. The quantitative estimate of drug-likeness (QED) is 0.801. The van der Waals surface area contributed by atoms with Gasteiger partial charge >= 0.3 is 0 Å². The van der Waals surface area contributed by atoms with E-state index in [0.717, 1.165) is 31.0 Å². The molecule has 1 aliphatic rings. The molecule has 1 N–H and O–H groups in total. The number of rotatable bonds is 6. The van der Waals surface area contributed by atoms with Crippen LogP contribution in [0, 0.1) is 0 Å². The van der Waals surface area contributed by atoms with E-state index in [0.29, 0.717) is 6.42 Å². The molecule has 98 valence electrons. The Labute approximate surface area is 117 Å². The van der Waals surface area contributed by atoms with E-state index in [1.807, 2.05) is 18.2 Å². The minimum atomic E-state index is 0.0594. The van der Waals surface area contributed by atoms with Crippen LogP contribution in [0.25, 0.3) is 0 Å². The minimum Gasteiger partial charge on any atom is -0.350 e. The maximum absolute atomic E-state index is 11.9. The molecule has 1 amide bonds. The Kier molecular flexibility index (Phi) is 4.81. The molecule has 1 saturated carbocycles. The van der Waals surface area contributed by atoms with Gasteiger partial charge in [-0.2, -0.15) is 0 Å². The van der Waals surface area contributed by atoms with Crippen LogP contribution >= 0.6 is 15.9 Å². The second-order valence-corrected chi connectivity index (χ2v) is 5.72. The van der Waals surface area contributed by atoms with Crippen LogP contribution in [-0.2, 0) is 11.2 Å². The van der Waals surface area contributed by atoms with Gasteiger partial charge in [-0.25, -0.2) is 0 Å². The van der Waals surface area contributed by atoms with Crippen molar-refractivity contribution in [2.45, 2.75) is 44.1 Å². The summed E-state index contributed by atoms with van der Waals surface area (Å²) in [5.74, 6) is 0.199. The van der Waals surface area contributed by atoms with E-state index >= 15 is 0 Å². The second kappa shape index (κ2) is 6.37. The molecule has 3 heteroatoms. The number of amides is 1. The molecule has 1 aromatic carbocycles. The molecule has 2 rings (SSSR count). The summed E-state index contributed by atoms with van der Waals surface area (Å²) in [5.41, 5.74) is 1.37. The van der Waals surface area contributed by atoms with E-state index in [4.69, 9.17) is 0 Å². The van der Waals surface area contributed by atoms with Crippen molar-refractivity contribution in [3.05, 3.63) is 35.9 Å². The Morgan fingerprint density at radius 2 is 2.00 bits per heavy atom. The maximum atomic E-state index is 11.9. The predicted octanol–water partition coefficient (Wildman–Crippen LogP) is 3.44. The number of benzene rings is 1. The fourth-order valence-corrected chi connectivity index (χ4v) is 3.05. The van der Waals surface area contributed by atoms with Crippen molar-refractivity contribution >= 4 is 21.8 Å². The van der Waals surface area contributed by atoms with E-state index < -0.39 is 0 Å². The van der Waals surface area contributed by atoms with Crippen molar-refractivity contribution in [1.82, 2.24) is 5.32 Å². The lowest BCUT2D eigenvalue weighted by molar-refractivity contribution is -0.123. The lowest BCUT2D eigenvalue weighted by Gasteiger charge is -2.41. The van der Waals surface area contributed by atoms with Crippen molar-refractivity contribution in [3.8, 4) is 0 Å². The van der Waals surface area contributed by atoms with Crippen molar-refractivity contribution in [2.75, 3.05) is 5.33 Å². The number of aryl methyl sites for hydroxylation is 1. The van der Waals surface area contributed by atoms with Gasteiger partial charge < -0.3 is 5.32 Å². The largest absolute Gasteiger partial charge is 0.350 e. The normalized spacial score (nSPS) is 16.9. The summed E-state index contributed by atoms with van der Waals surface area (Å²) < 4.78 is 0. The molecule has 2 nitrogen and oxygen atoms in total. The smallest absolute Gasteiger partial charge is 0.220 e. The molecule has 0 heterocycles. The molecule has 0 bridgehead atoms. The van der Waals surface area contributed by atoms with Crippen LogP contribution in [0.5, 0.6) is 0 Å². The van der Waals surface area contributed by atoms with Crippen LogP contribution in [0.15, 0.2) is 30.3 Å². The zero-order valence-electron chi connectivity index (χ0n) is 10.6. The molecule has 0 unspecified atom stereocenters. The summed E-state index contributed by atoms with van der Waals surface area (Å²) in [4.78, 5) is 11.9. The maximum Gasteiger partial charge on any atom is 0.220 e. The Morgan fingerprint density at radius 3 is 2.56 bits per heavy atom. The highest BCUT2D eigenvalue weighted by atomic mass is 79.9. The highest BCUT2D eigenvalue weighted by Gasteiger charge is 2.36. The van der Waals surface area contributed by atoms with Gasteiger partial charge in [-0.15, -0.1) is 0 Å². The standard InChI is InChI=1S/C15H20BrNO/c16-12-15(10-5-11-15)17-14(18)9-4-8-13-6-2-1-3-7-13/h1-3,6-7H,4-5,8-12H2,(H,17,18). The second-order valence-electron chi connectivity index (χ2n) is 5.15. The Morgan fingerprint density at radius 1 is 1.28 bits per heavy atom. The Hall–Kier alpha value is -0.830. The summed E-state index contributed by atoms with van der Waals surface area (Å²) in [5, 5.41) is 4.06. The van der Waals surface area contributed by atoms with Gasteiger partial charge in [-0.1, -0.05) is 46.3 Å². The van der Waals surface area contributed by atoms with Gasteiger partial charge in [0.2, 0.25) is 5.91 Å². The Balaban J connectivity index is 1.69. The number of halogens is 1. The van der Waals surface area contributed by atoms with Gasteiger partial charge in [0.1, 0.15) is 0 Å². The topological polar surface area (TPSA) is 29.1 Å². The third-order valence-corrected chi connectivity index (χ3v) is 4.76. The predicted molar refractivity (Wildman–Crippen MR) is 77.9 cm³/mol. The summed E-state index contributed by atoms with van der Waals surface area (Å²) in [6.07, 6.45) is 5.99. The minimum absolute atomic E-state index is 0.0594. The van der Waals surface area contributed by atoms with Gasteiger partial charge in [0.05, 0.1) is 0 Å². The first kappa shape index (κ1) is 13.6. The fraction of sp³-hybridized carbons (Fsp3) is 0.533. The third kappa shape index (κ3) is 3.58. The summed E-state index contributed by atoms with van der Waals surface area (Å²) in [6, 6.07) is 10.3. The van der Waals surface area contributed by atoms with Crippen LogP contribution in [0.2, 0.25) is 0 Å². The van der Waals surface area contributed by atoms with Gasteiger partial charge in [0.25, 0.3) is 0 Å². The van der Waals surface area contributed by atoms with E-state index in [1.54, 1.807) is 0 Å². The highest BCUT2D eigenvalue weighted by Crippen LogP contribution is 2.33. The summed E-state index contributed by atoms with van der Waals surface area (Å²) in [7, 11) is 0. The molecule has 1 aromatic rings. The third-order valence-electron chi connectivity index (χ3n) is 3.68. The van der Waals surface area contributed by atoms with Crippen molar-refractivity contribution in [1.29, 1.82) is 0 Å². The number of carbonyl (C=O) groups excluding carboxylic acids is 1. The lowest BCUT2D eigenvalue weighted by atomic mass is 9.78. The number of nitrogens with one attached hydrogen (secondary N) is 1. The molecule has 0 aromatic heterocycles. The highest BCUT2D eigenvalue weighted by molar-refractivity contribution is 9.09. The molecule has 0 radical (unpaired) electrons. The van der Waals surface area contributed by atoms with Gasteiger partial charge in [-0.05, 0) is 37.7 Å². The van der Waals surface area contributed by atoms with E-state index in [-0.39, 0.29) is 11.4 Å². The van der Waals surface area contributed by atoms with Crippen LogP contribution in [0.3, 0.4) is 0 Å². The van der Waals surface area contributed by atoms with Crippen molar-refractivity contribution < 1.29 is 4.79 Å². The lowest BCUT2D eigenvalue weighted by Crippen LogP contribution is -2.54. The molecule has 1 fully saturated rings. The molecular weight excluding hydrogens is 290 g/mol. The van der Waals surface area contributed by atoms with Crippen molar-refractivity contribution in [2.24, 2.45) is 0 Å². The van der Waals surface area contributed by atoms with Gasteiger partial charge in [0, 0.05) is 17.3 Å². The van der Waals surface area contributed by atoms with E-state index in [1.165, 1.54) is 12.0 Å². The van der Waals surface area contributed by atoms with Crippen LogP contribution in [-0.4, -0.2) is 16.8 Å². The van der Waals surface area contributed by atoms with Crippen LogP contribution < -0.4 is 5.32 Å². The van der Waals surface area contributed by atoms with E-state index in [2.05, 4.69) is 33.4 Å².